The van der Waals surface area contributed by atoms with E-state index in [1.807, 2.05) is 0 Å². The zero-order chi connectivity index (χ0) is 16.9. The van der Waals surface area contributed by atoms with Gasteiger partial charge in [-0.15, -0.1) is 0 Å². The first kappa shape index (κ1) is 17.2. The van der Waals surface area contributed by atoms with Gasteiger partial charge in [-0.25, -0.2) is 0 Å². The largest absolute Gasteiger partial charge is 0.390 e. The quantitative estimate of drug-likeness (QED) is 0.361. The van der Waals surface area contributed by atoms with Crippen molar-refractivity contribution in [3.63, 3.8) is 0 Å². The first-order chi connectivity index (χ1) is 10.8. The van der Waals surface area contributed by atoms with Gasteiger partial charge < -0.3 is 40.2 Å². The van der Waals surface area contributed by atoms with E-state index in [9.17, 15) is 20.1 Å². The maximum Gasteiger partial charge on any atom is 0.280 e. The minimum absolute atomic E-state index is 0.00220. The number of hydrogen-bond acceptors (Lipinski definition) is 9. The first-order valence-corrected chi connectivity index (χ1v) is 7.78. The van der Waals surface area contributed by atoms with Crippen molar-refractivity contribution in [2.24, 2.45) is 0 Å². The third-order valence-electron chi connectivity index (χ3n) is 4.93. The van der Waals surface area contributed by atoms with Crippen LogP contribution in [-0.2, 0) is 19.0 Å². The molecule has 0 spiro atoms. The number of fused-ring (bicyclic) bond motifs is 2. The minimum atomic E-state index is -2.23. The number of ketones is 1. The predicted molar refractivity (Wildman–Crippen MR) is 76.4 cm³/mol. The minimum Gasteiger partial charge on any atom is -0.390 e. The highest BCUT2D eigenvalue weighted by Crippen LogP contribution is 2.40. The van der Waals surface area contributed by atoms with E-state index in [1.54, 1.807) is 21.0 Å². The number of carbonyl (C=O) groups excluding carboxylic acids is 1. The number of carbonyl (C=O) groups is 1. The molecule has 2 aliphatic heterocycles. The Morgan fingerprint density at radius 1 is 1.09 bits per heavy atom. The second-order valence-corrected chi connectivity index (χ2v) is 6.40. The van der Waals surface area contributed by atoms with Crippen LogP contribution in [0.5, 0.6) is 0 Å². The third-order valence-corrected chi connectivity index (χ3v) is 4.93. The highest BCUT2D eigenvalue weighted by Gasteiger charge is 2.63. The van der Waals surface area contributed by atoms with Crippen molar-refractivity contribution in [3.8, 4) is 0 Å². The maximum absolute atomic E-state index is 12.2. The summed E-state index contributed by atoms with van der Waals surface area (Å²) in [6, 6.07) is -1.29. The Kier molecular flexibility index (Phi) is 4.49. The molecule has 23 heavy (non-hydrogen) atoms. The third kappa shape index (κ3) is 2.52. The Balaban J connectivity index is 1.92. The van der Waals surface area contributed by atoms with Gasteiger partial charge in [0, 0.05) is 6.42 Å². The molecule has 2 saturated heterocycles. The molecule has 3 fully saturated rings. The van der Waals surface area contributed by atoms with E-state index in [0.717, 1.165) is 0 Å². The molecule has 9 nitrogen and oxygen atoms in total. The molecule has 5 N–H and O–H groups in total. The number of ether oxygens (including phenoxy) is 3. The number of aliphatic hydroxyl groups excluding tert-OH is 2. The molecule has 0 aromatic carbocycles. The normalized spacial score (nSPS) is 53.6. The Hall–Kier alpha value is -0.650. The smallest absolute Gasteiger partial charge is 0.280 e. The second-order valence-electron chi connectivity index (χ2n) is 6.40. The summed E-state index contributed by atoms with van der Waals surface area (Å²) >= 11 is 0. The topological polar surface area (TPSA) is 130 Å². The number of likely N-dealkylation sites (N-methyl/N-ethyl adjacent to an activating group) is 2. The Morgan fingerprint density at radius 2 is 1.74 bits per heavy atom. The molecule has 9 atom stereocenters. The summed E-state index contributed by atoms with van der Waals surface area (Å²) in [4.78, 5) is 12.2. The van der Waals surface area contributed by atoms with Crippen LogP contribution in [0.1, 0.15) is 13.3 Å². The molecule has 0 amide bonds. The zero-order valence-electron chi connectivity index (χ0n) is 13.3. The van der Waals surface area contributed by atoms with E-state index in [0.29, 0.717) is 0 Å². The standard InChI is InChI=1S/C14H24N2O7/c1-5-4-6(17)14(20)13(21-5)22-12-10(19)7(15-2)9(18)8(16-3)11(12)23-14/h5,7-13,15-16,18-20H,4H2,1-3H3/t5-,7+,8-,9-,10+,11+,12+,13+,14+/m1/s1. The summed E-state index contributed by atoms with van der Waals surface area (Å²) < 4.78 is 16.8. The van der Waals surface area contributed by atoms with E-state index in [2.05, 4.69) is 10.6 Å². The Bertz CT molecular complexity index is 478. The lowest BCUT2D eigenvalue weighted by molar-refractivity contribution is -0.420. The molecule has 3 aliphatic rings. The van der Waals surface area contributed by atoms with Crippen molar-refractivity contribution >= 4 is 5.78 Å². The van der Waals surface area contributed by atoms with Crippen LogP contribution in [0.4, 0.5) is 0 Å². The van der Waals surface area contributed by atoms with Gasteiger partial charge in [-0.1, -0.05) is 0 Å². The molecule has 0 radical (unpaired) electrons. The van der Waals surface area contributed by atoms with Crippen molar-refractivity contribution in [1.82, 2.24) is 10.6 Å². The van der Waals surface area contributed by atoms with Crippen LogP contribution in [0.3, 0.4) is 0 Å². The van der Waals surface area contributed by atoms with Crippen LogP contribution in [0.2, 0.25) is 0 Å². The van der Waals surface area contributed by atoms with E-state index in [-0.39, 0.29) is 6.42 Å². The Labute approximate surface area is 133 Å². The highest BCUT2D eigenvalue weighted by molar-refractivity contribution is 5.87. The van der Waals surface area contributed by atoms with Crippen LogP contribution < -0.4 is 10.6 Å². The van der Waals surface area contributed by atoms with Crippen molar-refractivity contribution in [1.29, 1.82) is 0 Å². The molecule has 9 heteroatoms. The number of rotatable bonds is 2. The molecular weight excluding hydrogens is 308 g/mol. The fourth-order valence-electron chi connectivity index (χ4n) is 3.68. The van der Waals surface area contributed by atoms with Gasteiger partial charge in [0.25, 0.3) is 5.79 Å². The molecule has 0 unspecified atom stereocenters. The summed E-state index contributed by atoms with van der Waals surface area (Å²) in [7, 11) is 3.24. The summed E-state index contributed by atoms with van der Waals surface area (Å²) in [6.07, 6.45) is -5.58. The van der Waals surface area contributed by atoms with Crippen LogP contribution in [0.25, 0.3) is 0 Å². The molecule has 0 aromatic heterocycles. The zero-order valence-corrected chi connectivity index (χ0v) is 13.3. The average Bonchev–Trinajstić information content (AvgIpc) is 2.49. The predicted octanol–water partition coefficient (Wildman–Crippen LogP) is -2.93. The Morgan fingerprint density at radius 3 is 2.35 bits per heavy atom. The van der Waals surface area contributed by atoms with Gasteiger partial charge in [-0.3, -0.25) is 4.79 Å². The van der Waals surface area contributed by atoms with Crippen LogP contribution >= 0.6 is 0 Å². The van der Waals surface area contributed by atoms with Crippen molar-refractivity contribution in [3.05, 3.63) is 0 Å². The van der Waals surface area contributed by atoms with Gasteiger partial charge in [-0.2, -0.15) is 0 Å². The van der Waals surface area contributed by atoms with Gasteiger partial charge in [-0.05, 0) is 21.0 Å². The number of Topliss-reactive ketones (excluding diaryl/α,β-unsaturated/α-hetero) is 1. The summed E-state index contributed by atoms with van der Waals surface area (Å²) in [5.41, 5.74) is 0. The van der Waals surface area contributed by atoms with E-state index in [4.69, 9.17) is 14.2 Å². The van der Waals surface area contributed by atoms with E-state index < -0.39 is 60.5 Å². The monoisotopic (exact) mass is 332 g/mol. The molecule has 2 heterocycles. The lowest BCUT2D eigenvalue weighted by atomic mass is 9.80. The average molecular weight is 332 g/mol. The number of hydrogen-bond donors (Lipinski definition) is 5. The van der Waals surface area contributed by atoms with Gasteiger partial charge in [0.2, 0.25) is 6.29 Å². The lowest BCUT2D eigenvalue weighted by Gasteiger charge is -2.55. The number of nitrogens with one attached hydrogen (secondary N) is 2. The van der Waals surface area contributed by atoms with Gasteiger partial charge >= 0.3 is 0 Å². The fraction of sp³-hybridized carbons (Fsp3) is 0.929. The first-order valence-electron chi connectivity index (χ1n) is 7.78. The summed E-state index contributed by atoms with van der Waals surface area (Å²) in [5, 5.41) is 37.2. The number of aliphatic hydroxyl groups is 3. The summed E-state index contributed by atoms with van der Waals surface area (Å²) in [5.74, 6) is -2.76. The second kappa shape index (κ2) is 6.01. The lowest BCUT2D eigenvalue weighted by Crippen LogP contribution is -2.77. The molecular formula is C14H24N2O7. The maximum atomic E-state index is 12.2. The molecule has 1 saturated carbocycles. The van der Waals surface area contributed by atoms with Gasteiger partial charge in [0.05, 0.1) is 24.3 Å². The van der Waals surface area contributed by atoms with Crippen molar-refractivity contribution in [2.45, 2.75) is 68.0 Å². The molecule has 3 rings (SSSR count). The van der Waals surface area contributed by atoms with Crippen LogP contribution in [-0.4, -0.2) is 89.9 Å². The highest BCUT2D eigenvalue weighted by atomic mass is 16.8. The van der Waals surface area contributed by atoms with Crippen LogP contribution in [0, 0.1) is 0 Å². The van der Waals surface area contributed by atoms with E-state index in [1.165, 1.54) is 0 Å². The fourth-order valence-corrected chi connectivity index (χ4v) is 3.68. The van der Waals surface area contributed by atoms with Gasteiger partial charge in [0.15, 0.2) is 5.78 Å². The SMILES string of the molecule is CN[C@H]1[C@@H](O)[C@@H](NC)[C@@H]2O[C@@]3(O)C(=O)C[C@@H](C)O[C@H]3O[C@H]2[C@H]1O. The van der Waals surface area contributed by atoms with Crippen LogP contribution in [0.15, 0.2) is 0 Å². The molecule has 0 bridgehead atoms. The van der Waals surface area contributed by atoms with Crippen molar-refractivity contribution < 1.29 is 34.3 Å². The van der Waals surface area contributed by atoms with E-state index >= 15 is 0 Å². The molecule has 132 valence electrons. The molecule has 0 aromatic rings. The van der Waals surface area contributed by atoms with Gasteiger partial charge in [0.1, 0.15) is 18.3 Å². The van der Waals surface area contributed by atoms with Crippen molar-refractivity contribution in [2.75, 3.05) is 14.1 Å². The summed E-state index contributed by atoms with van der Waals surface area (Å²) in [6.45, 7) is 1.70. The molecule has 1 aliphatic carbocycles.